The SMILES string of the molecule is Cc1cc(C)c(-c2cc3cc(-c4[c-]c(-c5cccc6c5nc(-c5cc(C(C)(C)C)cc(C(C)(C)C)c5O)n6-c5ccccc5-c5ccccc5)ccc4)ncc3o2)c(C)c1.[Pt]. The van der Waals surface area contributed by atoms with Crippen LogP contribution in [-0.4, -0.2) is 19.6 Å². The van der Waals surface area contributed by atoms with Crippen LogP contribution in [0.15, 0.2) is 138 Å². The summed E-state index contributed by atoms with van der Waals surface area (Å²) in [5, 5.41) is 13.3. The van der Waals surface area contributed by atoms with Gasteiger partial charge in [0, 0.05) is 48.8 Å². The summed E-state index contributed by atoms with van der Waals surface area (Å²) in [6.45, 7) is 19.5. The van der Waals surface area contributed by atoms with Crippen LogP contribution in [0.25, 0.3) is 83.9 Å². The van der Waals surface area contributed by atoms with Crippen LogP contribution < -0.4 is 0 Å². The molecule has 0 aliphatic rings. The molecule has 3 heterocycles. The number of hydrogen-bond donors (Lipinski definition) is 1. The fourth-order valence-corrected chi connectivity index (χ4v) is 8.64. The number of phenolic OH excluding ortho intramolecular Hbond substituents is 1. The topological polar surface area (TPSA) is 64.1 Å². The van der Waals surface area contributed by atoms with E-state index in [0.717, 1.165) is 83.7 Å². The van der Waals surface area contributed by atoms with E-state index in [2.05, 4.69) is 194 Å². The molecule has 61 heavy (non-hydrogen) atoms. The standard InChI is InChI=1S/C55H50N3O2.Pt/c1-33-25-34(2)50(35(3)26-33)48-29-39-28-45(56-32-49(39)60-48)38-20-15-19-37(27-38)42-22-16-24-47-51(42)57-53(43-30-40(54(4,5)6)31-44(52(43)59)55(7,8)9)58(47)46-23-14-13-21-41(46)36-17-11-10-12-18-36;/h10-26,28-32,59H,1-9H3;/q-1;. The Morgan fingerprint density at radius 3 is 2.05 bits per heavy atom. The molecule has 9 aromatic rings. The average molecular weight is 980 g/mol. The van der Waals surface area contributed by atoms with Crippen LogP contribution in [0.1, 0.15) is 69.4 Å². The van der Waals surface area contributed by atoms with Gasteiger partial charge in [-0.3, -0.25) is 9.55 Å². The van der Waals surface area contributed by atoms with Crippen molar-refractivity contribution in [1.29, 1.82) is 0 Å². The number of nitrogens with zero attached hydrogens (tertiary/aromatic N) is 3. The van der Waals surface area contributed by atoms with Gasteiger partial charge in [0.25, 0.3) is 0 Å². The molecule has 308 valence electrons. The van der Waals surface area contributed by atoms with E-state index in [1.54, 1.807) is 0 Å². The second-order valence-electron chi connectivity index (χ2n) is 18.2. The summed E-state index contributed by atoms with van der Waals surface area (Å²) in [5.74, 6) is 1.77. The van der Waals surface area contributed by atoms with Gasteiger partial charge >= 0.3 is 0 Å². The Bertz CT molecular complexity index is 3080. The molecule has 0 bridgehead atoms. The normalized spacial score (nSPS) is 12.0. The first-order valence-corrected chi connectivity index (χ1v) is 20.7. The number of para-hydroxylation sites is 2. The summed E-state index contributed by atoms with van der Waals surface area (Å²) in [5.41, 5.74) is 16.1. The van der Waals surface area contributed by atoms with Gasteiger partial charge in [-0.05, 0) is 78.1 Å². The van der Waals surface area contributed by atoms with Crippen LogP contribution in [0.4, 0.5) is 0 Å². The quantitative estimate of drug-likeness (QED) is 0.169. The van der Waals surface area contributed by atoms with Crippen molar-refractivity contribution in [3.05, 3.63) is 167 Å². The molecule has 0 radical (unpaired) electrons. The number of phenols is 1. The number of hydrogen-bond acceptors (Lipinski definition) is 4. The zero-order valence-electron chi connectivity index (χ0n) is 36.2. The Hall–Kier alpha value is -6.03. The summed E-state index contributed by atoms with van der Waals surface area (Å²) >= 11 is 0. The summed E-state index contributed by atoms with van der Waals surface area (Å²) in [7, 11) is 0. The second kappa shape index (κ2) is 15.8. The molecule has 0 saturated carbocycles. The molecule has 0 atom stereocenters. The van der Waals surface area contributed by atoms with Crippen LogP contribution in [0.2, 0.25) is 0 Å². The average Bonchev–Trinajstić information content (AvgIpc) is 3.81. The number of aromatic hydroxyl groups is 1. The van der Waals surface area contributed by atoms with E-state index >= 15 is 0 Å². The molecule has 0 aliphatic heterocycles. The van der Waals surface area contributed by atoms with Crippen molar-refractivity contribution >= 4 is 22.0 Å². The molecule has 0 aliphatic carbocycles. The van der Waals surface area contributed by atoms with Crippen molar-refractivity contribution < 1.29 is 30.6 Å². The summed E-state index contributed by atoms with van der Waals surface area (Å²) in [4.78, 5) is 10.4. The fraction of sp³-hybridized carbons (Fsp3) is 0.200. The van der Waals surface area contributed by atoms with Crippen molar-refractivity contribution in [3.63, 3.8) is 0 Å². The molecule has 0 spiro atoms. The molecular weight excluding hydrogens is 930 g/mol. The van der Waals surface area contributed by atoms with Crippen molar-refractivity contribution in [1.82, 2.24) is 14.5 Å². The fourth-order valence-electron chi connectivity index (χ4n) is 8.64. The molecule has 6 heteroatoms. The van der Waals surface area contributed by atoms with Gasteiger partial charge in [0.1, 0.15) is 17.3 Å². The summed E-state index contributed by atoms with van der Waals surface area (Å²) in [6, 6.07) is 48.0. The van der Waals surface area contributed by atoms with Gasteiger partial charge in [-0.2, -0.15) is 0 Å². The number of furan rings is 1. The molecule has 0 unspecified atom stereocenters. The van der Waals surface area contributed by atoms with Crippen LogP contribution in [0.5, 0.6) is 5.75 Å². The number of imidazole rings is 1. The van der Waals surface area contributed by atoms with Crippen molar-refractivity contribution in [2.75, 3.05) is 0 Å². The van der Waals surface area contributed by atoms with E-state index in [-0.39, 0.29) is 37.6 Å². The summed E-state index contributed by atoms with van der Waals surface area (Å²) in [6.07, 6.45) is 1.82. The molecule has 0 amide bonds. The smallest absolute Gasteiger partial charge is 0.151 e. The van der Waals surface area contributed by atoms with Crippen molar-refractivity contribution in [2.45, 2.75) is 73.1 Å². The Morgan fingerprint density at radius 1 is 0.656 bits per heavy atom. The molecule has 5 nitrogen and oxygen atoms in total. The maximum atomic E-state index is 12.3. The predicted octanol–water partition coefficient (Wildman–Crippen LogP) is 14.5. The number of fused-ring (bicyclic) bond motifs is 2. The second-order valence-corrected chi connectivity index (χ2v) is 18.2. The molecule has 0 saturated heterocycles. The van der Waals surface area contributed by atoms with Gasteiger partial charge in [0.2, 0.25) is 0 Å². The minimum atomic E-state index is -0.312. The van der Waals surface area contributed by atoms with Crippen molar-refractivity contribution in [3.8, 4) is 67.7 Å². The minimum Gasteiger partial charge on any atom is -0.507 e. The van der Waals surface area contributed by atoms with E-state index < -0.39 is 0 Å². The van der Waals surface area contributed by atoms with Crippen LogP contribution in [-0.2, 0) is 31.9 Å². The maximum absolute atomic E-state index is 12.3. The Balaban J connectivity index is 0.00000514. The van der Waals surface area contributed by atoms with Crippen LogP contribution in [0, 0.1) is 26.8 Å². The zero-order valence-corrected chi connectivity index (χ0v) is 38.5. The molecule has 3 aromatic heterocycles. The van der Waals surface area contributed by atoms with E-state index in [1.807, 2.05) is 12.3 Å². The van der Waals surface area contributed by atoms with E-state index in [9.17, 15) is 5.11 Å². The molecule has 9 rings (SSSR count). The number of rotatable bonds is 6. The Kier molecular flexibility index (Phi) is 10.8. The van der Waals surface area contributed by atoms with Crippen molar-refractivity contribution in [2.24, 2.45) is 0 Å². The number of benzene rings is 6. The third-order valence-corrected chi connectivity index (χ3v) is 11.6. The third kappa shape index (κ3) is 7.66. The van der Waals surface area contributed by atoms with Gasteiger partial charge in [-0.1, -0.05) is 143 Å². The molecule has 0 fully saturated rings. The Labute approximate surface area is 373 Å². The van der Waals surface area contributed by atoms with E-state index in [1.165, 1.54) is 16.7 Å². The van der Waals surface area contributed by atoms with Gasteiger partial charge in [-0.25, -0.2) is 4.98 Å². The van der Waals surface area contributed by atoms with E-state index in [4.69, 9.17) is 14.4 Å². The van der Waals surface area contributed by atoms with E-state index in [0.29, 0.717) is 11.4 Å². The monoisotopic (exact) mass is 979 g/mol. The molecular formula is C55H50N3O2Pt-. The third-order valence-electron chi connectivity index (χ3n) is 11.6. The van der Waals surface area contributed by atoms with Gasteiger partial charge < -0.3 is 9.52 Å². The largest absolute Gasteiger partial charge is 0.507 e. The first-order valence-electron chi connectivity index (χ1n) is 20.7. The number of pyridine rings is 1. The van der Waals surface area contributed by atoms with Crippen LogP contribution in [0.3, 0.4) is 0 Å². The predicted molar refractivity (Wildman–Crippen MR) is 248 cm³/mol. The number of aryl methyl sites for hydroxylation is 3. The number of aromatic nitrogens is 3. The maximum Gasteiger partial charge on any atom is 0.151 e. The first-order chi connectivity index (χ1) is 28.7. The Morgan fingerprint density at radius 2 is 1.33 bits per heavy atom. The zero-order chi connectivity index (χ0) is 42.1. The van der Waals surface area contributed by atoms with Gasteiger partial charge in [0.05, 0.1) is 28.5 Å². The molecule has 1 N–H and O–H groups in total. The minimum absolute atomic E-state index is 0. The molecule has 6 aromatic carbocycles. The van der Waals surface area contributed by atoms with Crippen LogP contribution >= 0.6 is 0 Å². The first kappa shape index (κ1) is 41.7. The van der Waals surface area contributed by atoms with Gasteiger partial charge in [0.15, 0.2) is 5.58 Å². The summed E-state index contributed by atoms with van der Waals surface area (Å²) < 4.78 is 8.59. The van der Waals surface area contributed by atoms with Gasteiger partial charge in [-0.15, -0.1) is 29.8 Å².